The molecular formula is C25H33FO8. The van der Waals surface area contributed by atoms with E-state index in [0.29, 0.717) is 6.42 Å². The minimum atomic E-state index is -1.04. The van der Waals surface area contributed by atoms with E-state index in [1.165, 1.54) is 19.1 Å². The van der Waals surface area contributed by atoms with Gasteiger partial charge in [-0.25, -0.2) is 9.18 Å². The van der Waals surface area contributed by atoms with Crippen LogP contribution in [-0.4, -0.2) is 50.3 Å². The Bertz CT molecular complexity index is 878. The largest absolute Gasteiger partial charge is 0.462 e. The van der Waals surface area contributed by atoms with Gasteiger partial charge in [-0.1, -0.05) is 37.3 Å². The number of carbonyl (C=O) groups is 4. The first-order valence-electron chi connectivity index (χ1n) is 11.0. The lowest BCUT2D eigenvalue weighted by Crippen LogP contribution is -2.39. The van der Waals surface area contributed by atoms with Gasteiger partial charge in [-0.15, -0.1) is 0 Å². The summed E-state index contributed by atoms with van der Waals surface area (Å²) in [6.45, 7) is 7.43. The maximum atomic E-state index is 14.0. The summed E-state index contributed by atoms with van der Waals surface area (Å²) < 4.78 is 34.0. The molecule has 0 saturated carbocycles. The maximum Gasteiger partial charge on any atom is 0.333 e. The molecule has 0 aliphatic carbocycles. The van der Waals surface area contributed by atoms with E-state index in [0.717, 1.165) is 6.08 Å². The van der Waals surface area contributed by atoms with Crippen molar-refractivity contribution in [3.63, 3.8) is 0 Å². The molecule has 0 saturated heterocycles. The topological polar surface area (TPSA) is 105 Å². The molecular weight excluding hydrogens is 447 g/mol. The van der Waals surface area contributed by atoms with Gasteiger partial charge in [-0.2, -0.15) is 0 Å². The zero-order valence-electron chi connectivity index (χ0n) is 20.4. The highest BCUT2D eigenvalue weighted by atomic mass is 19.1. The molecule has 0 radical (unpaired) electrons. The van der Waals surface area contributed by atoms with Crippen molar-refractivity contribution in [1.29, 1.82) is 0 Å². The fourth-order valence-corrected chi connectivity index (χ4v) is 3.18. The number of hydrogen-bond donors (Lipinski definition) is 0. The fraction of sp³-hybridized carbons (Fsp3) is 0.520. The summed E-state index contributed by atoms with van der Waals surface area (Å²) in [5, 5.41) is 0. The van der Waals surface area contributed by atoms with Gasteiger partial charge in [0.2, 0.25) is 0 Å². The quantitative estimate of drug-likeness (QED) is 0.180. The second-order valence-corrected chi connectivity index (χ2v) is 8.61. The van der Waals surface area contributed by atoms with Crippen molar-refractivity contribution in [3.05, 3.63) is 42.0 Å². The van der Waals surface area contributed by atoms with Crippen molar-refractivity contribution in [1.82, 2.24) is 0 Å². The molecule has 9 heteroatoms. The molecule has 0 bridgehead atoms. The van der Waals surface area contributed by atoms with Gasteiger partial charge < -0.3 is 18.9 Å². The Balaban J connectivity index is 2.52. The molecule has 0 N–H and O–H groups in total. The number of benzene rings is 1. The molecule has 8 nitrogen and oxygen atoms in total. The first kappa shape index (κ1) is 28.8. The molecule has 34 heavy (non-hydrogen) atoms. The van der Waals surface area contributed by atoms with Crippen molar-refractivity contribution in [3.8, 4) is 0 Å². The highest BCUT2D eigenvalue weighted by Gasteiger charge is 2.42. The van der Waals surface area contributed by atoms with Gasteiger partial charge in [0.1, 0.15) is 32.3 Å². The zero-order valence-corrected chi connectivity index (χ0v) is 20.4. The second-order valence-electron chi connectivity index (χ2n) is 8.61. The number of halogens is 1. The predicted octanol–water partition coefficient (Wildman–Crippen LogP) is 4.02. The van der Waals surface area contributed by atoms with Crippen LogP contribution >= 0.6 is 0 Å². The molecule has 1 aromatic rings. The van der Waals surface area contributed by atoms with E-state index in [2.05, 4.69) is 0 Å². The second kappa shape index (κ2) is 13.5. The molecule has 1 rings (SSSR count). The van der Waals surface area contributed by atoms with Crippen LogP contribution in [-0.2, 0) is 38.1 Å². The van der Waals surface area contributed by atoms with E-state index < -0.39 is 40.5 Å². The van der Waals surface area contributed by atoms with E-state index in [4.69, 9.17) is 18.9 Å². The van der Waals surface area contributed by atoms with Crippen molar-refractivity contribution in [2.24, 2.45) is 10.8 Å². The van der Waals surface area contributed by atoms with Gasteiger partial charge in [-0.3, -0.25) is 14.4 Å². The Kier molecular flexibility index (Phi) is 11.4. The van der Waals surface area contributed by atoms with Crippen LogP contribution < -0.4 is 0 Å². The van der Waals surface area contributed by atoms with Crippen LogP contribution in [0.2, 0.25) is 0 Å². The van der Waals surface area contributed by atoms with E-state index in [1.807, 2.05) is 0 Å². The van der Waals surface area contributed by atoms with Gasteiger partial charge in [0, 0.05) is 12.5 Å². The SMILES string of the molecule is CCC(C)(CC(C)(C)C(=O)OCCOC(=O)/C=C(\F)c1ccccc1)C(=O)OCCOC(C)=O. The Morgan fingerprint density at radius 1 is 0.853 bits per heavy atom. The summed E-state index contributed by atoms with van der Waals surface area (Å²) in [5.41, 5.74) is -1.76. The van der Waals surface area contributed by atoms with Crippen LogP contribution in [0, 0.1) is 10.8 Å². The van der Waals surface area contributed by atoms with Crippen molar-refractivity contribution in [2.45, 2.75) is 47.5 Å². The summed E-state index contributed by atoms with van der Waals surface area (Å²) in [4.78, 5) is 47.7. The van der Waals surface area contributed by atoms with Gasteiger partial charge in [0.05, 0.1) is 16.9 Å². The minimum Gasteiger partial charge on any atom is -0.462 e. The van der Waals surface area contributed by atoms with Gasteiger partial charge in [0.15, 0.2) is 0 Å². The highest BCUT2D eigenvalue weighted by Crippen LogP contribution is 2.38. The number of ether oxygens (including phenoxy) is 4. The van der Waals surface area contributed by atoms with E-state index in [-0.39, 0.29) is 38.4 Å². The van der Waals surface area contributed by atoms with Gasteiger partial charge in [0.25, 0.3) is 0 Å². The molecule has 0 heterocycles. The molecule has 0 fully saturated rings. The first-order valence-corrected chi connectivity index (χ1v) is 11.0. The Morgan fingerprint density at radius 2 is 1.38 bits per heavy atom. The van der Waals surface area contributed by atoms with Gasteiger partial charge >= 0.3 is 23.9 Å². The molecule has 0 aromatic heterocycles. The molecule has 1 aromatic carbocycles. The molecule has 0 aliphatic rings. The monoisotopic (exact) mass is 480 g/mol. The zero-order chi connectivity index (χ0) is 25.8. The Labute approximate surface area is 199 Å². The summed E-state index contributed by atoms with van der Waals surface area (Å²) >= 11 is 0. The summed E-state index contributed by atoms with van der Waals surface area (Å²) in [6.07, 6.45) is 1.28. The van der Waals surface area contributed by atoms with Crippen LogP contribution in [0.3, 0.4) is 0 Å². The average molecular weight is 481 g/mol. The summed E-state index contributed by atoms with van der Waals surface area (Å²) in [6, 6.07) is 8.04. The lowest BCUT2D eigenvalue weighted by atomic mass is 9.72. The van der Waals surface area contributed by atoms with E-state index in [9.17, 15) is 23.6 Å². The fourth-order valence-electron chi connectivity index (χ4n) is 3.18. The van der Waals surface area contributed by atoms with Crippen LogP contribution in [0.1, 0.15) is 53.0 Å². The molecule has 1 unspecified atom stereocenters. The van der Waals surface area contributed by atoms with Crippen LogP contribution in [0.25, 0.3) is 5.83 Å². The van der Waals surface area contributed by atoms with Crippen molar-refractivity contribution in [2.75, 3.05) is 26.4 Å². The average Bonchev–Trinajstić information content (AvgIpc) is 2.79. The maximum absolute atomic E-state index is 14.0. The molecule has 0 amide bonds. The number of rotatable bonds is 13. The van der Waals surface area contributed by atoms with E-state index >= 15 is 0 Å². The Morgan fingerprint density at radius 3 is 1.94 bits per heavy atom. The van der Waals surface area contributed by atoms with Crippen molar-refractivity contribution >= 4 is 29.7 Å². The standard InChI is InChI=1S/C25H33FO8/c1-6-25(5,23(30)34-14-12-31-18(2)27)17-24(3,4)22(29)33-15-13-32-21(28)16-20(26)19-10-8-7-9-11-19/h7-11,16H,6,12-15,17H2,1-5H3/b20-16-. The van der Waals surface area contributed by atoms with Gasteiger partial charge in [-0.05, 0) is 33.6 Å². The van der Waals surface area contributed by atoms with Crippen LogP contribution in [0.4, 0.5) is 4.39 Å². The molecule has 0 spiro atoms. The third-order valence-electron chi connectivity index (χ3n) is 5.13. The first-order chi connectivity index (χ1) is 15.9. The lowest BCUT2D eigenvalue weighted by molar-refractivity contribution is -0.166. The molecule has 1 atom stereocenters. The molecule has 0 aliphatic heterocycles. The normalized spacial score (nSPS) is 13.4. The van der Waals surface area contributed by atoms with E-state index in [1.54, 1.807) is 45.9 Å². The third kappa shape index (κ3) is 9.72. The predicted molar refractivity (Wildman–Crippen MR) is 122 cm³/mol. The van der Waals surface area contributed by atoms with Crippen LogP contribution in [0.15, 0.2) is 36.4 Å². The Hall–Kier alpha value is -3.23. The van der Waals surface area contributed by atoms with Crippen molar-refractivity contribution < 1.29 is 42.5 Å². The number of carbonyl (C=O) groups excluding carboxylic acids is 4. The minimum absolute atomic E-state index is 0.0462. The number of hydrogen-bond acceptors (Lipinski definition) is 8. The molecule has 188 valence electrons. The van der Waals surface area contributed by atoms with Crippen LogP contribution in [0.5, 0.6) is 0 Å². The smallest absolute Gasteiger partial charge is 0.333 e. The summed E-state index contributed by atoms with van der Waals surface area (Å²) in [7, 11) is 0. The summed E-state index contributed by atoms with van der Waals surface area (Å²) in [5.74, 6) is -3.19. The lowest BCUT2D eigenvalue weighted by Gasteiger charge is -2.33. The number of esters is 4. The third-order valence-corrected chi connectivity index (χ3v) is 5.13. The highest BCUT2D eigenvalue weighted by molar-refractivity contribution is 5.89.